The summed E-state index contributed by atoms with van der Waals surface area (Å²) < 4.78 is 0. The van der Waals surface area contributed by atoms with Crippen LogP contribution < -0.4 is 10.6 Å². The number of anilines is 1. The molecule has 3 aromatic carbocycles. The van der Waals surface area contributed by atoms with Crippen molar-refractivity contribution in [2.24, 2.45) is 0 Å². The molecular weight excluding hydrogens is 402 g/mol. The smallest absolute Gasteiger partial charge is 0.407 e. The molecule has 0 spiro atoms. The molecule has 166 valence electrons. The highest BCUT2D eigenvalue weighted by molar-refractivity contribution is 5.97. The minimum Gasteiger partial charge on any atom is -0.465 e. The molecule has 3 N–H and O–H groups in total. The molecule has 0 saturated carbocycles. The fraction of sp³-hybridized carbons (Fsp3) is 0.308. The number of carboxylic acid groups (broad SMARTS) is 1. The first-order valence-corrected chi connectivity index (χ1v) is 11.1. The van der Waals surface area contributed by atoms with Crippen LogP contribution in [0.1, 0.15) is 47.3 Å². The molecule has 1 atom stereocenters. The lowest BCUT2D eigenvalue weighted by Crippen LogP contribution is -2.41. The minimum atomic E-state index is -0.863. The number of fused-ring (bicyclic) bond motifs is 1. The molecule has 0 unspecified atom stereocenters. The number of nitrogens with zero attached hydrogens (tertiary/aromatic N) is 1. The first-order chi connectivity index (χ1) is 15.4. The first-order valence-electron chi connectivity index (χ1n) is 11.1. The Kier molecular flexibility index (Phi) is 6.30. The molecule has 2 amide bonds. The van der Waals surface area contributed by atoms with Gasteiger partial charge in [0.25, 0.3) is 5.91 Å². The van der Waals surface area contributed by atoms with Crippen molar-refractivity contribution >= 4 is 28.5 Å². The molecule has 6 nitrogen and oxygen atoms in total. The Hall–Kier alpha value is -3.54. The summed E-state index contributed by atoms with van der Waals surface area (Å²) >= 11 is 0. The summed E-state index contributed by atoms with van der Waals surface area (Å²) in [6, 6.07) is 20.2. The number of hydrogen-bond donors (Lipinski definition) is 3. The summed E-state index contributed by atoms with van der Waals surface area (Å²) in [6.45, 7) is 4.99. The van der Waals surface area contributed by atoms with E-state index in [0.29, 0.717) is 18.7 Å². The van der Waals surface area contributed by atoms with E-state index in [0.717, 1.165) is 40.4 Å². The largest absolute Gasteiger partial charge is 0.465 e. The fourth-order valence-corrected chi connectivity index (χ4v) is 4.39. The van der Waals surface area contributed by atoms with Crippen molar-refractivity contribution in [1.29, 1.82) is 0 Å². The standard InChI is InChI=1S/C26H29N3O3/c1-17-10-11-21(28-20-12-14-29(15-13-20)26(31)32)16-24(17)25(30)27-18(2)22-9-5-7-19-6-3-4-8-23(19)22/h3-11,16,18,20,28H,12-15H2,1-2H3,(H,27,30)(H,31,32)/t18-/m1/s1. The van der Waals surface area contributed by atoms with E-state index in [1.165, 1.54) is 4.90 Å². The maximum absolute atomic E-state index is 13.1. The van der Waals surface area contributed by atoms with E-state index in [2.05, 4.69) is 34.9 Å². The summed E-state index contributed by atoms with van der Waals surface area (Å²) in [5, 5.41) is 18.0. The van der Waals surface area contributed by atoms with Crippen molar-refractivity contribution in [3.05, 3.63) is 77.4 Å². The van der Waals surface area contributed by atoms with Gasteiger partial charge in [-0.1, -0.05) is 48.5 Å². The van der Waals surface area contributed by atoms with Gasteiger partial charge in [-0.25, -0.2) is 4.79 Å². The van der Waals surface area contributed by atoms with Gasteiger partial charge >= 0.3 is 6.09 Å². The molecule has 1 heterocycles. The van der Waals surface area contributed by atoms with E-state index in [4.69, 9.17) is 5.11 Å². The summed E-state index contributed by atoms with van der Waals surface area (Å²) in [6.07, 6.45) is 0.637. The molecule has 1 aliphatic heterocycles. The van der Waals surface area contributed by atoms with Crippen LogP contribution in [0.5, 0.6) is 0 Å². The van der Waals surface area contributed by atoms with Crippen LogP contribution in [0.15, 0.2) is 60.7 Å². The number of hydrogen-bond acceptors (Lipinski definition) is 3. The molecule has 0 aliphatic carbocycles. The number of amides is 2. The van der Waals surface area contributed by atoms with Gasteiger partial charge < -0.3 is 20.6 Å². The number of piperidine rings is 1. The summed E-state index contributed by atoms with van der Waals surface area (Å²) in [4.78, 5) is 25.7. The van der Waals surface area contributed by atoms with Gasteiger partial charge in [0.1, 0.15) is 0 Å². The van der Waals surface area contributed by atoms with Gasteiger partial charge in [0.15, 0.2) is 0 Å². The number of carbonyl (C=O) groups excluding carboxylic acids is 1. The molecular formula is C26H29N3O3. The predicted molar refractivity (Wildman–Crippen MR) is 127 cm³/mol. The Morgan fingerprint density at radius 1 is 1.03 bits per heavy atom. The van der Waals surface area contributed by atoms with E-state index >= 15 is 0 Å². The molecule has 0 bridgehead atoms. The SMILES string of the molecule is Cc1ccc(NC2CCN(C(=O)O)CC2)cc1C(=O)N[C@H](C)c1cccc2ccccc12. The highest BCUT2D eigenvalue weighted by Crippen LogP contribution is 2.25. The quantitative estimate of drug-likeness (QED) is 0.519. The molecule has 0 radical (unpaired) electrons. The average Bonchev–Trinajstić information content (AvgIpc) is 2.80. The Morgan fingerprint density at radius 2 is 1.75 bits per heavy atom. The van der Waals surface area contributed by atoms with E-state index in [1.807, 2.05) is 50.2 Å². The van der Waals surface area contributed by atoms with Gasteiger partial charge in [-0.3, -0.25) is 4.79 Å². The van der Waals surface area contributed by atoms with Crippen LogP contribution in [0.4, 0.5) is 10.5 Å². The second-order valence-electron chi connectivity index (χ2n) is 8.48. The van der Waals surface area contributed by atoms with Gasteiger partial charge in [0.05, 0.1) is 6.04 Å². The third kappa shape index (κ3) is 4.69. The van der Waals surface area contributed by atoms with Crippen molar-refractivity contribution in [3.8, 4) is 0 Å². The van der Waals surface area contributed by atoms with Crippen LogP contribution in [-0.2, 0) is 0 Å². The van der Waals surface area contributed by atoms with Gasteiger partial charge in [-0.05, 0) is 60.7 Å². The second-order valence-corrected chi connectivity index (χ2v) is 8.48. The maximum atomic E-state index is 13.1. The van der Waals surface area contributed by atoms with Gasteiger partial charge in [0.2, 0.25) is 0 Å². The zero-order chi connectivity index (χ0) is 22.7. The predicted octanol–water partition coefficient (Wildman–Crippen LogP) is 5.19. The molecule has 1 saturated heterocycles. The third-order valence-corrected chi connectivity index (χ3v) is 6.26. The van der Waals surface area contributed by atoms with Gasteiger partial charge in [-0.2, -0.15) is 0 Å². The first kappa shape index (κ1) is 21.7. The highest BCUT2D eigenvalue weighted by atomic mass is 16.4. The van der Waals surface area contributed by atoms with Gasteiger partial charge in [-0.15, -0.1) is 0 Å². The number of aryl methyl sites for hydroxylation is 1. The van der Waals surface area contributed by atoms with Crippen LogP contribution in [0.2, 0.25) is 0 Å². The van der Waals surface area contributed by atoms with Crippen molar-refractivity contribution in [3.63, 3.8) is 0 Å². The normalized spacial score (nSPS) is 15.4. The summed E-state index contributed by atoms with van der Waals surface area (Å²) in [5.74, 6) is -0.104. The molecule has 1 fully saturated rings. The van der Waals surface area contributed by atoms with E-state index < -0.39 is 6.09 Å². The van der Waals surface area contributed by atoms with Crippen LogP contribution >= 0.6 is 0 Å². The summed E-state index contributed by atoms with van der Waals surface area (Å²) in [7, 11) is 0. The average molecular weight is 432 g/mol. The van der Waals surface area contributed by atoms with Crippen molar-refractivity contribution in [2.45, 2.75) is 38.8 Å². The van der Waals surface area contributed by atoms with Crippen molar-refractivity contribution < 1.29 is 14.7 Å². The van der Waals surface area contributed by atoms with Crippen molar-refractivity contribution in [1.82, 2.24) is 10.2 Å². The molecule has 32 heavy (non-hydrogen) atoms. The van der Waals surface area contributed by atoms with E-state index in [-0.39, 0.29) is 18.0 Å². The number of rotatable bonds is 5. The second kappa shape index (κ2) is 9.30. The highest BCUT2D eigenvalue weighted by Gasteiger charge is 2.22. The van der Waals surface area contributed by atoms with Gasteiger partial charge in [0, 0.05) is 30.4 Å². The molecule has 3 aromatic rings. The summed E-state index contributed by atoms with van der Waals surface area (Å²) in [5.41, 5.74) is 3.53. The lowest BCUT2D eigenvalue weighted by atomic mass is 9.99. The monoisotopic (exact) mass is 431 g/mol. The lowest BCUT2D eigenvalue weighted by molar-refractivity contribution is 0.0939. The number of nitrogens with one attached hydrogen (secondary N) is 2. The van der Waals surface area contributed by atoms with Crippen LogP contribution in [0, 0.1) is 6.92 Å². The van der Waals surface area contributed by atoms with Crippen LogP contribution in [-0.4, -0.2) is 41.1 Å². The van der Waals surface area contributed by atoms with Crippen LogP contribution in [0.25, 0.3) is 10.8 Å². The Bertz CT molecular complexity index is 1130. The Morgan fingerprint density at radius 3 is 2.50 bits per heavy atom. The Labute approximate surface area is 188 Å². The molecule has 6 heteroatoms. The van der Waals surface area contributed by atoms with E-state index in [1.54, 1.807) is 0 Å². The topological polar surface area (TPSA) is 81.7 Å². The number of carbonyl (C=O) groups is 2. The Balaban J connectivity index is 1.46. The zero-order valence-electron chi connectivity index (χ0n) is 18.5. The molecule has 4 rings (SSSR count). The minimum absolute atomic E-state index is 0.104. The lowest BCUT2D eigenvalue weighted by Gasteiger charge is -2.31. The molecule has 0 aromatic heterocycles. The zero-order valence-corrected chi connectivity index (χ0v) is 18.5. The van der Waals surface area contributed by atoms with Crippen LogP contribution in [0.3, 0.4) is 0 Å². The van der Waals surface area contributed by atoms with Crippen molar-refractivity contribution in [2.75, 3.05) is 18.4 Å². The van der Waals surface area contributed by atoms with E-state index in [9.17, 15) is 9.59 Å². The maximum Gasteiger partial charge on any atom is 0.407 e. The third-order valence-electron chi connectivity index (χ3n) is 6.26. The molecule has 1 aliphatic rings. The number of benzene rings is 3. The number of likely N-dealkylation sites (tertiary alicyclic amines) is 1. The fourth-order valence-electron chi connectivity index (χ4n) is 4.39.